The van der Waals surface area contributed by atoms with Crippen LogP contribution in [0.4, 0.5) is 13.2 Å². The van der Waals surface area contributed by atoms with Gasteiger partial charge in [-0.25, -0.2) is 0 Å². The summed E-state index contributed by atoms with van der Waals surface area (Å²) in [6, 6.07) is 3.49. The fraction of sp³-hybridized carbons (Fsp3) is 0.417. The van der Waals surface area contributed by atoms with E-state index in [1.54, 1.807) is 6.92 Å². The highest BCUT2D eigenvalue weighted by molar-refractivity contribution is 5.84. The van der Waals surface area contributed by atoms with Gasteiger partial charge in [0.2, 0.25) is 0 Å². The quantitative estimate of drug-likeness (QED) is 0.889. The number of benzene rings is 1. The van der Waals surface area contributed by atoms with Crippen LogP contribution >= 0.6 is 0 Å². The number of rotatable bonds is 2. The van der Waals surface area contributed by atoms with Crippen molar-refractivity contribution >= 4 is 5.97 Å². The molecular formula is C12H11F3O3. The van der Waals surface area contributed by atoms with Gasteiger partial charge in [-0.1, -0.05) is 19.1 Å². The highest BCUT2D eigenvalue weighted by atomic mass is 19.4. The van der Waals surface area contributed by atoms with Crippen LogP contribution in [0.15, 0.2) is 18.2 Å². The van der Waals surface area contributed by atoms with Crippen molar-refractivity contribution in [3.63, 3.8) is 0 Å². The van der Waals surface area contributed by atoms with Crippen molar-refractivity contribution in [2.45, 2.75) is 24.9 Å². The third-order valence-corrected chi connectivity index (χ3v) is 3.31. The SMILES string of the molecule is CCC1(C(=O)O)COc2c(C(F)(F)F)cccc21. The van der Waals surface area contributed by atoms with E-state index < -0.39 is 23.1 Å². The Balaban J connectivity index is 2.63. The van der Waals surface area contributed by atoms with E-state index >= 15 is 0 Å². The number of para-hydroxylation sites is 1. The first kappa shape index (κ1) is 12.7. The summed E-state index contributed by atoms with van der Waals surface area (Å²) in [5.74, 6) is -1.52. The molecule has 0 radical (unpaired) electrons. The molecule has 1 aromatic rings. The van der Waals surface area contributed by atoms with Crippen LogP contribution in [0.25, 0.3) is 0 Å². The lowest BCUT2D eigenvalue weighted by atomic mass is 9.79. The van der Waals surface area contributed by atoms with Crippen molar-refractivity contribution in [3.8, 4) is 5.75 Å². The van der Waals surface area contributed by atoms with E-state index in [1.807, 2.05) is 0 Å². The molecule has 6 heteroatoms. The molecule has 2 rings (SSSR count). The van der Waals surface area contributed by atoms with Crippen LogP contribution in [0.5, 0.6) is 5.75 Å². The van der Waals surface area contributed by atoms with E-state index in [0.717, 1.165) is 6.07 Å². The summed E-state index contributed by atoms with van der Waals surface area (Å²) in [6.07, 6.45) is -4.37. The van der Waals surface area contributed by atoms with Gasteiger partial charge in [-0.05, 0) is 12.5 Å². The molecule has 0 fully saturated rings. The second-order valence-electron chi connectivity index (χ2n) is 4.21. The van der Waals surface area contributed by atoms with Gasteiger partial charge < -0.3 is 9.84 Å². The largest absolute Gasteiger partial charge is 0.491 e. The third-order valence-electron chi connectivity index (χ3n) is 3.31. The molecule has 1 atom stereocenters. The summed E-state index contributed by atoms with van der Waals surface area (Å²) in [6.45, 7) is 1.36. The lowest BCUT2D eigenvalue weighted by Gasteiger charge is -2.20. The molecule has 1 heterocycles. The molecule has 18 heavy (non-hydrogen) atoms. The number of fused-ring (bicyclic) bond motifs is 1. The highest BCUT2D eigenvalue weighted by Gasteiger charge is 2.49. The minimum absolute atomic E-state index is 0.104. The molecule has 98 valence electrons. The number of aliphatic carboxylic acids is 1. The van der Waals surface area contributed by atoms with E-state index in [1.165, 1.54) is 12.1 Å². The Morgan fingerprint density at radius 2 is 2.17 bits per heavy atom. The molecule has 0 saturated heterocycles. The maximum atomic E-state index is 12.8. The Morgan fingerprint density at radius 3 is 2.67 bits per heavy atom. The smallest absolute Gasteiger partial charge is 0.419 e. The van der Waals surface area contributed by atoms with E-state index in [0.29, 0.717) is 0 Å². The Morgan fingerprint density at radius 1 is 1.50 bits per heavy atom. The molecule has 0 saturated carbocycles. The van der Waals surface area contributed by atoms with E-state index in [4.69, 9.17) is 4.74 Å². The second kappa shape index (κ2) is 3.90. The van der Waals surface area contributed by atoms with Crippen molar-refractivity contribution in [1.82, 2.24) is 0 Å². The van der Waals surface area contributed by atoms with Crippen LogP contribution in [-0.2, 0) is 16.4 Å². The summed E-state index contributed by atoms with van der Waals surface area (Å²) in [7, 11) is 0. The number of halogens is 3. The van der Waals surface area contributed by atoms with Crippen molar-refractivity contribution in [2.75, 3.05) is 6.61 Å². The van der Waals surface area contributed by atoms with Gasteiger partial charge in [0.1, 0.15) is 17.8 Å². The molecule has 0 aliphatic carbocycles. The topological polar surface area (TPSA) is 46.5 Å². The molecule has 1 unspecified atom stereocenters. The number of carboxylic acids is 1. The van der Waals surface area contributed by atoms with Crippen LogP contribution < -0.4 is 4.74 Å². The maximum absolute atomic E-state index is 12.8. The summed E-state index contributed by atoms with van der Waals surface area (Å²) >= 11 is 0. The molecule has 0 bridgehead atoms. The minimum atomic E-state index is -4.55. The van der Waals surface area contributed by atoms with Crippen molar-refractivity contribution in [1.29, 1.82) is 0 Å². The maximum Gasteiger partial charge on any atom is 0.419 e. The number of alkyl halides is 3. The Hall–Kier alpha value is -1.72. The number of carbonyl (C=O) groups is 1. The summed E-state index contributed by atoms with van der Waals surface area (Å²) in [5, 5.41) is 9.24. The van der Waals surface area contributed by atoms with Gasteiger partial charge in [0.05, 0.1) is 5.56 Å². The molecule has 0 amide bonds. The molecule has 1 aliphatic heterocycles. The first-order chi connectivity index (χ1) is 8.33. The Labute approximate surface area is 101 Å². The highest BCUT2D eigenvalue weighted by Crippen LogP contribution is 2.47. The fourth-order valence-corrected chi connectivity index (χ4v) is 2.19. The molecule has 0 aromatic heterocycles. The number of ether oxygens (including phenoxy) is 1. The number of hydrogen-bond acceptors (Lipinski definition) is 2. The van der Waals surface area contributed by atoms with E-state index in [-0.39, 0.29) is 24.3 Å². The molecular weight excluding hydrogens is 249 g/mol. The molecule has 3 nitrogen and oxygen atoms in total. The van der Waals surface area contributed by atoms with Gasteiger partial charge in [-0.3, -0.25) is 4.79 Å². The summed E-state index contributed by atoms with van der Waals surface area (Å²) in [5.41, 5.74) is -2.19. The van der Waals surface area contributed by atoms with Crippen LogP contribution in [0.1, 0.15) is 24.5 Å². The predicted molar refractivity (Wildman–Crippen MR) is 56.5 cm³/mol. The minimum Gasteiger partial charge on any atom is -0.491 e. The Kier molecular flexibility index (Phi) is 2.76. The zero-order valence-corrected chi connectivity index (χ0v) is 9.54. The van der Waals surface area contributed by atoms with Crippen molar-refractivity contribution < 1.29 is 27.8 Å². The molecule has 1 N–H and O–H groups in total. The number of carboxylic acid groups (broad SMARTS) is 1. The van der Waals surface area contributed by atoms with Gasteiger partial charge in [0, 0.05) is 5.56 Å². The normalized spacial score (nSPS) is 22.4. The average Bonchev–Trinajstić information content (AvgIpc) is 2.67. The van der Waals surface area contributed by atoms with E-state index in [2.05, 4.69) is 0 Å². The first-order valence-electron chi connectivity index (χ1n) is 5.40. The van der Waals surface area contributed by atoms with E-state index in [9.17, 15) is 23.1 Å². The molecule has 1 aromatic carbocycles. The van der Waals surface area contributed by atoms with Crippen LogP contribution in [0.3, 0.4) is 0 Å². The monoisotopic (exact) mass is 260 g/mol. The van der Waals surface area contributed by atoms with Crippen molar-refractivity contribution in [2.24, 2.45) is 0 Å². The predicted octanol–water partition coefficient (Wildman–Crippen LogP) is 2.83. The second-order valence-corrected chi connectivity index (χ2v) is 4.21. The molecule has 0 spiro atoms. The lowest BCUT2D eigenvalue weighted by molar-refractivity contribution is -0.144. The summed E-state index contributed by atoms with van der Waals surface area (Å²) < 4.78 is 43.3. The standard InChI is InChI=1S/C12H11F3O3/c1-2-11(10(16)17)6-18-9-7(11)4-3-5-8(9)12(13,14)15/h3-5H,2,6H2,1H3,(H,16,17). The average molecular weight is 260 g/mol. The van der Waals surface area contributed by atoms with Gasteiger partial charge in [-0.2, -0.15) is 13.2 Å². The zero-order valence-electron chi connectivity index (χ0n) is 9.54. The van der Waals surface area contributed by atoms with Gasteiger partial charge in [0.25, 0.3) is 0 Å². The van der Waals surface area contributed by atoms with Crippen molar-refractivity contribution in [3.05, 3.63) is 29.3 Å². The lowest BCUT2D eigenvalue weighted by Crippen LogP contribution is -2.36. The summed E-state index contributed by atoms with van der Waals surface area (Å²) in [4.78, 5) is 11.3. The zero-order chi connectivity index (χ0) is 13.6. The Bertz CT molecular complexity index is 496. The first-order valence-corrected chi connectivity index (χ1v) is 5.40. The molecule has 1 aliphatic rings. The number of hydrogen-bond donors (Lipinski definition) is 1. The van der Waals surface area contributed by atoms with Gasteiger partial charge in [-0.15, -0.1) is 0 Å². The van der Waals surface area contributed by atoms with Crippen LogP contribution in [0.2, 0.25) is 0 Å². The van der Waals surface area contributed by atoms with Gasteiger partial charge in [0.15, 0.2) is 0 Å². The van der Waals surface area contributed by atoms with Crippen LogP contribution in [0, 0.1) is 0 Å². The third kappa shape index (κ3) is 1.63. The van der Waals surface area contributed by atoms with Gasteiger partial charge >= 0.3 is 12.1 Å². The van der Waals surface area contributed by atoms with Crippen LogP contribution in [-0.4, -0.2) is 17.7 Å². The fourth-order valence-electron chi connectivity index (χ4n) is 2.19.